The van der Waals surface area contributed by atoms with E-state index in [1.54, 1.807) is 24.3 Å². The number of likely N-dealkylation sites (N-methyl/N-ethyl adjacent to an activating group) is 1. The highest BCUT2D eigenvalue weighted by molar-refractivity contribution is 7.91. The van der Waals surface area contributed by atoms with E-state index in [1.165, 1.54) is 0 Å². The molecule has 0 spiro atoms. The van der Waals surface area contributed by atoms with Crippen LogP contribution in [0.2, 0.25) is 0 Å². The minimum Gasteiger partial charge on any atom is -0.488 e. The van der Waals surface area contributed by atoms with Crippen LogP contribution in [-0.4, -0.2) is 57.4 Å². The Morgan fingerprint density at radius 3 is 2.37 bits per heavy atom. The van der Waals surface area contributed by atoms with Gasteiger partial charge in [-0.05, 0) is 38.4 Å². The average Bonchev–Trinajstić information content (AvgIpc) is 2.65. The highest BCUT2D eigenvalue weighted by Crippen LogP contribution is 2.22. The molecule has 1 heterocycles. The quantitative estimate of drug-likeness (QED) is 0.757. The van der Waals surface area contributed by atoms with E-state index in [0.29, 0.717) is 11.3 Å². The number of carbonyl (C=O) groups excluding carboxylic acids is 1. The summed E-state index contributed by atoms with van der Waals surface area (Å²) in [7, 11) is 0.644. The molecule has 0 aliphatic carbocycles. The molecule has 0 bridgehead atoms. The van der Waals surface area contributed by atoms with Crippen molar-refractivity contribution in [3.05, 3.63) is 29.8 Å². The molecule has 6 heteroatoms. The van der Waals surface area contributed by atoms with Crippen molar-refractivity contribution >= 4 is 16.1 Å². The third-order valence-corrected chi connectivity index (χ3v) is 4.92. The van der Waals surface area contributed by atoms with Gasteiger partial charge in [0.15, 0.2) is 9.84 Å². The number of carbonyl (C=O) groups is 1. The smallest absolute Gasteiger partial charge is 0.155 e. The minimum atomic E-state index is -3.05. The molecule has 1 aliphatic heterocycles. The number of hydrogen-bond acceptors (Lipinski definition) is 5. The van der Waals surface area contributed by atoms with Crippen LogP contribution in [0.25, 0.3) is 0 Å². The Labute approximate surface area is 113 Å². The zero-order chi connectivity index (χ0) is 14.0. The zero-order valence-corrected chi connectivity index (χ0v) is 11.8. The van der Waals surface area contributed by atoms with Crippen molar-refractivity contribution in [2.24, 2.45) is 0 Å². The van der Waals surface area contributed by atoms with E-state index < -0.39 is 9.84 Å². The molecule has 0 aromatic heterocycles. The van der Waals surface area contributed by atoms with E-state index in [9.17, 15) is 13.2 Å². The van der Waals surface area contributed by atoms with Crippen LogP contribution < -0.4 is 4.74 Å². The van der Waals surface area contributed by atoms with Crippen molar-refractivity contribution < 1.29 is 17.9 Å². The van der Waals surface area contributed by atoms with Crippen LogP contribution in [-0.2, 0) is 9.84 Å². The van der Waals surface area contributed by atoms with Gasteiger partial charge in [0.25, 0.3) is 0 Å². The van der Waals surface area contributed by atoms with Crippen LogP contribution in [0.15, 0.2) is 24.3 Å². The van der Waals surface area contributed by atoms with E-state index >= 15 is 0 Å². The van der Waals surface area contributed by atoms with Crippen molar-refractivity contribution in [2.45, 2.75) is 12.1 Å². The number of benzene rings is 1. The fourth-order valence-corrected chi connectivity index (χ4v) is 4.15. The first-order chi connectivity index (χ1) is 8.91. The fraction of sp³-hybridized carbons (Fsp3) is 0.462. The average molecular weight is 283 g/mol. The number of nitrogens with zero attached hydrogens (tertiary/aromatic N) is 1. The second-order valence-corrected chi connectivity index (χ2v) is 7.10. The van der Waals surface area contributed by atoms with Crippen molar-refractivity contribution in [3.63, 3.8) is 0 Å². The van der Waals surface area contributed by atoms with Crippen LogP contribution in [0.5, 0.6) is 5.75 Å². The molecular weight excluding hydrogens is 266 g/mol. The maximum atomic E-state index is 11.7. The summed E-state index contributed by atoms with van der Waals surface area (Å²) in [6, 6.07) is 6.52. The molecule has 0 amide bonds. The predicted molar refractivity (Wildman–Crippen MR) is 72.4 cm³/mol. The maximum absolute atomic E-state index is 11.7. The van der Waals surface area contributed by atoms with Gasteiger partial charge in [-0.25, -0.2) is 8.42 Å². The highest BCUT2D eigenvalue weighted by atomic mass is 32.2. The van der Waals surface area contributed by atoms with Gasteiger partial charge in [-0.3, -0.25) is 4.79 Å². The van der Waals surface area contributed by atoms with Crippen molar-refractivity contribution in [2.75, 3.05) is 25.6 Å². The summed E-state index contributed by atoms with van der Waals surface area (Å²) in [5.41, 5.74) is 0.565. The van der Waals surface area contributed by atoms with Gasteiger partial charge in [0.2, 0.25) is 0 Å². The van der Waals surface area contributed by atoms with Gasteiger partial charge in [-0.1, -0.05) is 0 Å². The number of sulfone groups is 1. The van der Waals surface area contributed by atoms with E-state index in [4.69, 9.17) is 4.74 Å². The van der Waals surface area contributed by atoms with Crippen LogP contribution in [0.4, 0.5) is 0 Å². The normalized spacial score (nSPS) is 25.4. The summed E-state index contributed by atoms with van der Waals surface area (Å²) < 4.78 is 29.1. The molecule has 1 fully saturated rings. The highest BCUT2D eigenvalue weighted by Gasteiger charge is 2.40. The first-order valence-corrected chi connectivity index (χ1v) is 7.82. The lowest BCUT2D eigenvalue weighted by molar-refractivity contribution is 0.112. The van der Waals surface area contributed by atoms with Crippen LogP contribution in [0, 0.1) is 0 Å². The Morgan fingerprint density at radius 1 is 1.21 bits per heavy atom. The molecule has 1 aliphatic rings. The molecule has 19 heavy (non-hydrogen) atoms. The zero-order valence-electron chi connectivity index (χ0n) is 10.9. The number of hydrogen-bond donors (Lipinski definition) is 0. The van der Waals surface area contributed by atoms with E-state index in [0.717, 1.165) is 6.29 Å². The largest absolute Gasteiger partial charge is 0.488 e. The summed E-state index contributed by atoms with van der Waals surface area (Å²) in [5.74, 6) is 0.738. The predicted octanol–water partition coefficient (Wildman–Crippen LogP) is 0.605. The van der Waals surface area contributed by atoms with Crippen LogP contribution >= 0.6 is 0 Å². The molecule has 5 nitrogen and oxygen atoms in total. The van der Waals surface area contributed by atoms with Gasteiger partial charge >= 0.3 is 0 Å². The summed E-state index contributed by atoms with van der Waals surface area (Å²) in [6.45, 7) is 0. The van der Waals surface area contributed by atoms with Gasteiger partial charge < -0.3 is 9.64 Å². The van der Waals surface area contributed by atoms with E-state index in [1.807, 2.05) is 19.0 Å². The summed E-state index contributed by atoms with van der Waals surface area (Å²) in [4.78, 5) is 12.4. The topological polar surface area (TPSA) is 63.7 Å². The Kier molecular flexibility index (Phi) is 3.91. The summed E-state index contributed by atoms with van der Waals surface area (Å²) in [6.07, 6.45) is 0.383. The monoisotopic (exact) mass is 283 g/mol. The van der Waals surface area contributed by atoms with Crippen molar-refractivity contribution in [3.8, 4) is 5.75 Å². The third kappa shape index (κ3) is 3.33. The Morgan fingerprint density at radius 2 is 1.84 bits per heavy atom. The third-order valence-electron chi connectivity index (χ3n) is 3.24. The minimum absolute atomic E-state index is 0.0330. The first-order valence-electron chi connectivity index (χ1n) is 6.00. The number of aldehydes is 1. The lowest BCUT2D eigenvalue weighted by Crippen LogP contribution is -2.41. The molecule has 2 rings (SSSR count). The Hall–Kier alpha value is -1.40. The SMILES string of the molecule is CN(C)C1CS(=O)(=O)CC1Oc1ccc(C=O)cc1. The lowest BCUT2D eigenvalue weighted by atomic mass is 10.2. The fourth-order valence-electron chi connectivity index (χ4n) is 2.19. The molecule has 2 atom stereocenters. The molecule has 0 radical (unpaired) electrons. The second kappa shape index (κ2) is 5.30. The number of rotatable bonds is 4. The molecule has 1 saturated heterocycles. The van der Waals surface area contributed by atoms with Gasteiger partial charge in [-0.2, -0.15) is 0 Å². The molecule has 0 saturated carbocycles. The van der Waals surface area contributed by atoms with Gasteiger partial charge in [0, 0.05) is 5.56 Å². The van der Waals surface area contributed by atoms with Crippen molar-refractivity contribution in [1.29, 1.82) is 0 Å². The van der Waals surface area contributed by atoms with Crippen molar-refractivity contribution in [1.82, 2.24) is 4.90 Å². The van der Waals surface area contributed by atoms with Gasteiger partial charge in [0.1, 0.15) is 18.1 Å². The van der Waals surface area contributed by atoms with Crippen LogP contribution in [0.3, 0.4) is 0 Å². The second-order valence-electron chi connectivity index (χ2n) is 4.95. The van der Waals surface area contributed by atoms with E-state index in [2.05, 4.69) is 0 Å². The van der Waals surface area contributed by atoms with Gasteiger partial charge in [0.05, 0.1) is 17.5 Å². The molecule has 0 N–H and O–H groups in total. The van der Waals surface area contributed by atoms with E-state index in [-0.39, 0.29) is 23.7 Å². The van der Waals surface area contributed by atoms with Crippen LogP contribution in [0.1, 0.15) is 10.4 Å². The Balaban J connectivity index is 2.14. The maximum Gasteiger partial charge on any atom is 0.155 e. The standard InChI is InChI=1S/C13H17NO4S/c1-14(2)12-8-19(16,17)9-13(12)18-11-5-3-10(7-15)4-6-11/h3-7,12-13H,8-9H2,1-2H3. The molecule has 1 aromatic rings. The number of ether oxygens (including phenoxy) is 1. The summed E-state index contributed by atoms with van der Waals surface area (Å²) in [5, 5.41) is 0. The molecule has 104 valence electrons. The van der Waals surface area contributed by atoms with Gasteiger partial charge in [-0.15, -0.1) is 0 Å². The molecule has 2 unspecified atom stereocenters. The molecule has 1 aromatic carbocycles. The Bertz CT molecular complexity index is 551. The first kappa shape index (κ1) is 14.0. The lowest BCUT2D eigenvalue weighted by Gasteiger charge is -2.25. The summed E-state index contributed by atoms with van der Waals surface area (Å²) >= 11 is 0. The molecular formula is C13H17NO4S.